The van der Waals surface area contributed by atoms with Crippen molar-refractivity contribution in [2.45, 2.75) is 43.8 Å². The Labute approximate surface area is 107 Å². The first-order valence-electron chi connectivity index (χ1n) is 6.33. The van der Waals surface area contributed by atoms with Crippen LogP contribution in [-0.4, -0.2) is 35.1 Å². The van der Waals surface area contributed by atoms with Crippen molar-refractivity contribution in [3.05, 3.63) is 23.4 Å². The van der Waals surface area contributed by atoms with Crippen molar-refractivity contribution in [1.82, 2.24) is 9.88 Å². The molecule has 2 atom stereocenters. The van der Waals surface area contributed by atoms with E-state index in [4.69, 9.17) is 11.6 Å². The average molecular weight is 252 g/mol. The number of nitrogens with zero attached hydrogens (tertiary/aromatic N) is 2. The summed E-state index contributed by atoms with van der Waals surface area (Å²) in [5.41, 5.74) is 0. The molecule has 0 aliphatic carbocycles. The predicted molar refractivity (Wildman–Crippen MR) is 70.5 cm³/mol. The minimum Gasteiger partial charge on any atom is -0.367 e. The average Bonchev–Trinajstić information content (AvgIpc) is 2.52. The number of hydrogen-bond donors (Lipinski definition) is 1. The molecule has 1 aromatic rings. The molecule has 3 rings (SSSR count). The highest BCUT2D eigenvalue weighted by Crippen LogP contribution is 2.35. The van der Waals surface area contributed by atoms with Crippen LogP contribution in [0.25, 0.3) is 0 Å². The topological polar surface area (TPSA) is 28.2 Å². The first-order valence-corrected chi connectivity index (χ1v) is 6.71. The van der Waals surface area contributed by atoms with Crippen LogP contribution in [0.3, 0.4) is 0 Å². The quantitative estimate of drug-likeness (QED) is 0.820. The highest BCUT2D eigenvalue weighted by atomic mass is 35.5. The second kappa shape index (κ2) is 4.46. The summed E-state index contributed by atoms with van der Waals surface area (Å²) in [4.78, 5) is 6.84. The highest BCUT2D eigenvalue weighted by molar-refractivity contribution is 6.29. The van der Waals surface area contributed by atoms with Gasteiger partial charge in [0.15, 0.2) is 0 Å². The standard InChI is InChI=1S/C13H18ClN3/c1-17-10-5-6-11(17)8-9(7-10)15-13-4-2-3-12(14)16-13/h2-4,9-11H,5-8H2,1H3,(H,15,16). The number of aromatic nitrogens is 1. The Morgan fingerprint density at radius 1 is 1.29 bits per heavy atom. The van der Waals surface area contributed by atoms with Crippen molar-refractivity contribution >= 4 is 17.4 Å². The SMILES string of the molecule is CN1C2CCC1CC(Nc1cccc(Cl)n1)C2. The van der Waals surface area contributed by atoms with Gasteiger partial charge < -0.3 is 10.2 Å². The van der Waals surface area contributed by atoms with Gasteiger partial charge in [0.2, 0.25) is 0 Å². The number of rotatable bonds is 2. The lowest BCUT2D eigenvalue weighted by Crippen LogP contribution is -2.44. The van der Waals surface area contributed by atoms with Crippen LogP contribution in [0.5, 0.6) is 0 Å². The monoisotopic (exact) mass is 251 g/mol. The first kappa shape index (κ1) is 11.3. The molecule has 2 aliphatic heterocycles. The van der Waals surface area contributed by atoms with Crippen molar-refractivity contribution in [2.75, 3.05) is 12.4 Å². The van der Waals surface area contributed by atoms with E-state index in [2.05, 4.69) is 22.2 Å². The smallest absolute Gasteiger partial charge is 0.131 e. The Morgan fingerprint density at radius 3 is 2.65 bits per heavy atom. The van der Waals surface area contributed by atoms with Crippen LogP contribution in [0.15, 0.2) is 18.2 Å². The third kappa shape index (κ3) is 2.26. The van der Waals surface area contributed by atoms with Gasteiger partial charge in [-0.15, -0.1) is 0 Å². The molecule has 0 saturated carbocycles. The minimum absolute atomic E-state index is 0.551. The Morgan fingerprint density at radius 2 is 2.00 bits per heavy atom. The second-order valence-corrected chi connectivity index (χ2v) is 5.60. The maximum absolute atomic E-state index is 5.90. The van der Waals surface area contributed by atoms with E-state index in [1.54, 1.807) is 0 Å². The predicted octanol–water partition coefficient (Wildman–Crippen LogP) is 2.77. The molecule has 0 radical (unpaired) electrons. The normalized spacial score (nSPS) is 32.7. The molecule has 92 valence electrons. The number of hydrogen-bond acceptors (Lipinski definition) is 3. The van der Waals surface area contributed by atoms with Crippen molar-refractivity contribution < 1.29 is 0 Å². The van der Waals surface area contributed by atoms with Crippen molar-refractivity contribution in [3.8, 4) is 0 Å². The molecule has 2 bridgehead atoms. The van der Waals surface area contributed by atoms with E-state index in [1.807, 2.05) is 18.2 Å². The molecule has 2 aliphatic rings. The summed E-state index contributed by atoms with van der Waals surface area (Å²) in [6.07, 6.45) is 5.15. The van der Waals surface area contributed by atoms with Crippen molar-refractivity contribution in [3.63, 3.8) is 0 Å². The molecule has 2 unspecified atom stereocenters. The van der Waals surface area contributed by atoms with Crippen LogP contribution in [0.1, 0.15) is 25.7 Å². The molecule has 4 heteroatoms. The van der Waals surface area contributed by atoms with Gasteiger partial charge in [-0.3, -0.25) is 0 Å². The zero-order valence-electron chi connectivity index (χ0n) is 10.1. The maximum Gasteiger partial charge on any atom is 0.131 e. The maximum atomic E-state index is 5.90. The van der Waals surface area contributed by atoms with E-state index >= 15 is 0 Å². The van der Waals surface area contributed by atoms with Gasteiger partial charge >= 0.3 is 0 Å². The van der Waals surface area contributed by atoms with Gasteiger partial charge in [0.25, 0.3) is 0 Å². The van der Waals surface area contributed by atoms with E-state index in [1.165, 1.54) is 25.7 Å². The second-order valence-electron chi connectivity index (χ2n) is 5.21. The number of piperidine rings is 1. The number of fused-ring (bicyclic) bond motifs is 2. The Kier molecular flexibility index (Phi) is 2.97. The number of anilines is 1. The van der Waals surface area contributed by atoms with Gasteiger partial charge in [0.1, 0.15) is 11.0 Å². The van der Waals surface area contributed by atoms with Crippen LogP contribution in [-0.2, 0) is 0 Å². The summed E-state index contributed by atoms with van der Waals surface area (Å²) < 4.78 is 0. The molecule has 0 aromatic carbocycles. The summed E-state index contributed by atoms with van der Waals surface area (Å²) in [5.74, 6) is 0.909. The van der Waals surface area contributed by atoms with E-state index in [9.17, 15) is 0 Å². The first-order chi connectivity index (χ1) is 8.22. The van der Waals surface area contributed by atoms with Gasteiger partial charge in [-0.25, -0.2) is 4.98 Å². The summed E-state index contributed by atoms with van der Waals surface area (Å²) >= 11 is 5.90. The van der Waals surface area contributed by atoms with Gasteiger partial charge in [-0.1, -0.05) is 17.7 Å². The Hall–Kier alpha value is -0.800. The van der Waals surface area contributed by atoms with Gasteiger partial charge in [0, 0.05) is 18.1 Å². The third-order valence-electron chi connectivity index (χ3n) is 4.17. The molecule has 2 saturated heterocycles. The van der Waals surface area contributed by atoms with Crippen LogP contribution >= 0.6 is 11.6 Å². The van der Waals surface area contributed by atoms with Crippen LogP contribution < -0.4 is 5.32 Å². The molecule has 0 amide bonds. The van der Waals surface area contributed by atoms with E-state index in [-0.39, 0.29) is 0 Å². The molecule has 2 fully saturated rings. The van der Waals surface area contributed by atoms with E-state index < -0.39 is 0 Å². The lowest BCUT2D eigenvalue weighted by Gasteiger charge is -2.36. The van der Waals surface area contributed by atoms with Crippen LogP contribution in [0.2, 0.25) is 5.15 Å². The Balaban J connectivity index is 1.67. The molecule has 17 heavy (non-hydrogen) atoms. The summed E-state index contributed by atoms with van der Waals surface area (Å²) in [6.45, 7) is 0. The van der Waals surface area contributed by atoms with Crippen molar-refractivity contribution in [1.29, 1.82) is 0 Å². The number of halogens is 1. The minimum atomic E-state index is 0.551. The molecule has 1 aromatic heterocycles. The van der Waals surface area contributed by atoms with E-state index in [0.29, 0.717) is 11.2 Å². The number of nitrogens with one attached hydrogen (secondary N) is 1. The van der Waals surface area contributed by atoms with Crippen LogP contribution in [0.4, 0.5) is 5.82 Å². The lowest BCUT2D eigenvalue weighted by atomic mass is 9.98. The zero-order chi connectivity index (χ0) is 11.8. The van der Waals surface area contributed by atoms with E-state index in [0.717, 1.165) is 17.9 Å². The lowest BCUT2D eigenvalue weighted by molar-refractivity contribution is 0.169. The highest BCUT2D eigenvalue weighted by Gasteiger charge is 2.38. The zero-order valence-corrected chi connectivity index (χ0v) is 10.8. The largest absolute Gasteiger partial charge is 0.367 e. The molecule has 3 heterocycles. The van der Waals surface area contributed by atoms with Crippen molar-refractivity contribution in [2.24, 2.45) is 0 Å². The Bertz CT molecular complexity index is 395. The summed E-state index contributed by atoms with van der Waals surface area (Å²) in [5, 5.41) is 4.08. The van der Waals surface area contributed by atoms with Crippen LogP contribution in [0, 0.1) is 0 Å². The van der Waals surface area contributed by atoms with Gasteiger partial charge in [0.05, 0.1) is 0 Å². The third-order valence-corrected chi connectivity index (χ3v) is 4.38. The molecule has 1 N–H and O–H groups in total. The van der Waals surface area contributed by atoms with Gasteiger partial charge in [-0.2, -0.15) is 0 Å². The molecular weight excluding hydrogens is 234 g/mol. The van der Waals surface area contributed by atoms with Gasteiger partial charge in [-0.05, 0) is 44.9 Å². The molecule has 3 nitrogen and oxygen atoms in total. The molecule has 0 spiro atoms. The fourth-order valence-electron chi connectivity index (χ4n) is 3.23. The number of pyridine rings is 1. The molecular formula is C13H18ClN3. The summed E-state index contributed by atoms with van der Waals surface area (Å²) in [6, 6.07) is 7.81. The fraction of sp³-hybridized carbons (Fsp3) is 0.615. The summed E-state index contributed by atoms with van der Waals surface area (Å²) in [7, 11) is 2.26. The fourth-order valence-corrected chi connectivity index (χ4v) is 3.39.